The highest BCUT2D eigenvalue weighted by atomic mass is 16.5. The SMILES string of the molecule is O=C1CO[C@@H]2CN(C(=O)c3ccc4cc[nH]c4c3)CC[C@@]2(c2ccccc2)N1. The zero-order valence-corrected chi connectivity index (χ0v) is 15.4. The van der Waals surface area contributed by atoms with E-state index in [9.17, 15) is 9.59 Å². The van der Waals surface area contributed by atoms with E-state index in [1.165, 1.54) is 0 Å². The van der Waals surface area contributed by atoms with Crippen LogP contribution in [0.3, 0.4) is 0 Å². The highest BCUT2D eigenvalue weighted by molar-refractivity contribution is 5.98. The van der Waals surface area contributed by atoms with Crippen molar-refractivity contribution in [1.29, 1.82) is 0 Å². The number of nitrogens with zero attached hydrogens (tertiary/aromatic N) is 1. The lowest BCUT2D eigenvalue weighted by molar-refractivity contribution is -0.150. The van der Waals surface area contributed by atoms with Crippen LogP contribution in [0, 0.1) is 0 Å². The predicted octanol–water partition coefficient (Wildman–Crippen LogP) is 2.42. The second-order valence-electron chi connectivity index (χ2n) is 7.47. The summed E-state index contributed by atoms with van der Waals surface area (Å²) in [5, 5.41) is 4.24. The maximum absolute atomic E-state index is 13.1. The molecular formula is C22H21N3O3. The van der Waals surface area contributed by atoms with Gasteiger partial charge in [-0.3, -0.25) is 9.59 Å². The van der Waals surface area contributed by atoms with Gasteiger partial charge in [-0.25, -0.2) is 0 Å². The van der Waals surface area contributed by atoms with Crippen molar-refractivity contribution in [2.75, 3.05) is 19.7 Å². The first-order valence-corrected chi connectivity index (χ1v) is 9.50. The van der Waals surface area contributed by atoms with Crippen LogP contribution in [0.5, 0.6) is 0 Å². The Labute approximate surface area is 162 Å². The highest BCUT2D eigenvalue weighted by Crippen LogP contribution is 2.37. The fraction of sp³-hybridized carbons (Fsp3) is 0.273. The van der Waals surface area contributed by atoms with E-state index in [-0.39, 0.29) is 24.5 Å². The first-order chi connectivity index (χ1) is 13.7. The monoisotopic (exact) mass is 375 g/mol. The Morgan fingerprint density at radius 1 is 1.14 bits per heavy atom. The molecule has 3 heterocycles. The van der Waals surface area contributed by atoms with Crippen LogP contribution < -0.4 is 5.32 Å². The molecule has 2 N–H and O–H groups in total. The number of likely N-dealkylation sites (tertiary alicyclic amines) is 1. The number of piperidine rings is 1. The van der Waals surface area contributed by atoms with Crippen LogP contribution in [0.4, 0.5) is 0 Å². The van der Waals surface area contributed by atoms with Gasteiger partial charge < -0.3 is 19.9 Å². The summed E-state index contributed by atoms with van der Waals surface area (Å²) in [4.78, 5) is 30.2. The number of aromatic nitrogens is 1. The number of benzene rings is 2. The third kappa shape index (κ3) is 2.68. The fourth-order valence-corrected chi connectivity index (χ4v) is 4.40. The summed E-state index contributed by atoms with van der Waals surface area (Å²) in [6.07, 6.45) is 2.20. The van der Waals surface area contributed by atoms with E-state index >= 15 is 0 Å². The van der Waals surface area contributed by atoms with Crippen LogP contribution in [0.1, 0.15) is 22.3 Å². The first kappa shape index (κ1) is 17.0. The molecule has 2 aliphatic rings. The van der Waals surface area contributed by atoms with Gasteiger partial charge in [0.05, 0.1) is 5.54 Å². The second kappa shape index (κ2) is 6.49. The Bertz CT molecular complexity index is 1050. The maximum Gasteiger partial charge on any atom is 0.254 e. The van der Waals surface area contributed by atoms with Crippen molar-refractivity contribution in [3.63, 3.8) is 0 Å². The molecule has 6 nitrogen and oxygen atoms in total. The Balaban J connectivity index is 1.43. The van der Waals surface area contributed by atoms with Crippen molar-refractivity contribution in [3.8, 4) is 0 Å². The molecule has 1 aromatic heterocycles. The van der Waals surface area contributed by atoms with Crippen molar-refractivity contribution in [1.82, 2.24) is 15.2 Å². The minimum Gasteiger partial charge on any atom is -0.364 e. The molecule has 2 atom stereocenters. The van der Waals surface area contributed by atoms with Gasteiger partial charge in [-0.05, 0) is 35.6 Å². The summed E-state index contributed by atoms with van der Waals surface area (Å²) in [5.41, 5.74) is 2.04. The topological polar surface area (TPSA) is 74.4 Å². The number of aromatic amines is 1. The van der Waals surface area contributed by atoms with Gasteiger partial charge in [0, 0.05) is 30.4 Å². The summed E-state index contributed by atoms with van der Waals surface area (Å²) < 4.78 is 5.91. The van der Waals surface area contributed by atoms with E-state index in [4.69, 9.17) is 4.74 Å². The molecule has 2 amide bonds. The number of H-pyrrole nitrogens is 1. The Morgan fingerprint density at radius 2 is 2.00 bits per heavy atom. The maximum atomic E-state index is 13.1. The number of nitrogens with one attached hydrogen (secondary N) is 2. The van der Waals surface area contributed by atoms with Crippen LogP contribution in [0.15, 0.2) is 60.8 Å². The number of hydrogen-bond donors (Lipinski definition) is 2. The number of fused-ring (bicyclic) bond motifs is 2. The van der Waals surface area contributed by atoms with Gasteiger partial charge in [-0.2, -0.15) is 0 Å². The third-order valence-electron chi connectivity index (χ3n) is 5.87. The van der Waals surface area contributed by atoms with Crippen LogP contribution in [0.25, 0.3) is 10.9 Å². The molecule has 2 aromatic carbocycles. The van der Waals surface area contributed by atoms with E-state index in [1.807, 2.05) is 65.7 Å². The van der Waals surface area contributed by atoms with Crippen LogP contribution >= 0.6 is 0 Å². The molecule has 0 bridgehead atoms. The normalized spacial score (nSPS) is 24.6. The van der Waals surface area contributed by atoms with Gasteiger partial charge >= 0.3 is 0 Å². The predicted molar refractivity (Wildman–Crippen MR) is 105 cm³/mol. The molecule has 2 aliphatic heterocycles. The average Bonchev–Trinajstić information content (AvgIpc) is 3.21. The standard InChI is InChI=1S/C22H21N3O3/c26-20-14-28-19-13-25(11-9-22(19,24-20)17-4-2-1-3-5-17)21(27)16-7-6-15-8-10-23-18(15)12-16/h1-8,10,12,19,23H,9,11,13-14H2,(H,24,26)/t19-,22+/m1/s1. The molecule has 0 aliphatic carbocycles. The number of hydrogen-bond acceptors (Lipinski definition) is 3. The smallest absolute Gasteiger partial charge is 0.254 e. The fourth-order valence-electron chi connectivity index (χ4n) is 4.40. The summed E-state index contributed by atoms with van der Waals surface area (Å²) in [6.45, 7) is 1.02. The number of carbonyl (C=O) groups excluding carboxylic acids is 2. The minimum absolute atomic E-state index is 0.0151. The Morgan fingerprint density at radius 3 is 2.86 bits per heavy atom. The molecule has 28 heavy (non-hydrogen) atoms. The quantitative estimate of drug-likeness (QED) is 0.722. The number of amides is 2. The second-order valence-corrected chi connectivity index (χ2v) is 7.47. The zero-order valence-electron chi connectivity index (χ0n) is 15.4. The molecule has 0 unspecified atom stereocenters. The van der Waals surface area contributed by atoms with Crippen molar-refractivity contribution in [3.05, 3.63) is 71.9 Å². The molecule has 3 aromatic rings. The van der Waals surface area contributed by atoms with Crippen molar-refractivity contribution in [2.24, 2.45) is 0 Å². The third-order valence-corrected chi connectivity index (χ3v) is 5.87. The van der Waals surface area contributed by atoms with E-state index in [0.29, 0.717) is 25.1 Å². The van der Waals surface area contributed by atoms with Crippen LogP contribution in [-0.2, 0) is 15.1 Å². The van der Waals surface area contributed by atoms with Gasteiger partial charge in [0.25, 0.3) is 5.91 Å². The lowest BCUT2D eigenvalue weighted by Crippen LogP contribution is -2.67. The zero-order chi connectivity index (χ0) is 19.1. The van der Waals surface area contributed by atoms with Crippen molar-refractivity contribution in [2.45, 2.75) is 18.1 Å². The van der Waals surface area contributed by atoms with Gasteiger partial charge in [-0.15, -0.1) is 0 Å². The Hall–Kier alpha value is -3.12. The molecule has 0 saturated carbocycles. The van der Waals surface area contributed by atoms with Gasteiger partial charge in [0.2, 0.25) is 5.91 Å². The largest absolute Gasteiger partial charge is 0.364 e. The van der Waals surface area contributed by atoms with Gasteiger partial charge in [-0.1, -0.05) is 36.4 Å². The van der Waals surface area contributed by atoms with Crippen LogP contribution in [0.2, 0.25) is 0 Å². The lowest BCUT2D eigenvalue weighted by atomic mass is 9.77. The minimum atomic E-state index is -0.587. The average molecular weight is 375 g/mol. The van der Waals surface area contributed by atoms with E-state index < -0.39 is 5.54 Å². The van der Waals surface area contributed by atoms with E-state index in [1.54, 1.807) is 0 Å². The number of rotatable bonds is 2. The highest BCUT2D eigenvalue weighted by Gasteiger charge is 2.49. The molecular weight excluding hydrogens is 354 g/mol. The number of morpholine rings is 1. The molecule has 2 saturated heterocycles. The summed E-state index contributed by atoms with van der Waals surface area (Å²) >= 11 is 0. The van der Waals surface area contributed by atoms with Gasteiger partial charge in [0.15, 0.2) is 0 Å². The number of carbonyl (C=O) groups is 2. The molecule has 0 spiro atoms. The summed E-state index contributed by atoms with van der Waals surface area (Å²) in [6, 6.07) is 17.6. The van der Waals surface area contributed by atoms with Crippen molar-refractivity contribution < 1.29 is 14.3 Å². The lowest BCUT2D eigenvalue weighted by Gasteiger charge is -2.50. The molecule has 2 fully saturated rings. The van der Waals surface area contributed by atoms with Crippen LogP contribution in [-0.4, -0.2) is 47.5 Å². The van der Waals surface area contributed by atoms with Gasteiger partial charge in [0.1, 0.15) is 12.7 Å². The van der Waals surface area contributed by atoms with E-state index in [0.717, 1.165) is 16.5 Å². The molecule has 142 valence electrons. The molecule has 5 rings (SSSR count). The van der Waals surface area contributed by atoms with E-state index in [2.05, 4.69) is 10.3 Å². The Kier molecular flexibility index (Phi) is 3.94. The molecule has 6 heteroatoms. The van der Waals surface area contributed by atoms with Crippen molar-refractivity contribution >= 4 is 22.7 Å². The summed E-state index contributed by atoms with van der Waals surface area (Å²) in [5.74, 6) is -0.129. The molecule has 0 radical (unpaired) electrons. The summed E-state index contributed by atoms with van der Waals surface area (Å²) in [7, 11) is 0. The first-order valence-electron chi connectivity index (χ1n) is 9.50. The number of ether oxygens (including phenoxy) is 1.